The summed E-state index contributed by atoms with van der Waals surface area (Å²) in [6, 6.07) is 4.65. The van der Waals surface area contributed by atoms with E-state index in [9.17, 15) is 4.39 Å². The Morgan fingerprint density at radius 1 is 1.44 bits per heavy atom. The molecule has 84 valence electrons. The first kappa shape index (κ1) is 11.1. The van der Waals surface area contributed by atoms with Crippen molar-refractivity contribution in [1.82, 2.24) is 15.0 Å². The Bertz CT molecular complexity index is 477. The highest BCUT2D eigenvalue weighted by Crippen LogP contribution is 2.18. The molecule has 0 saturated carbocycles. The van der Waals surface area contributed by atoms with Gasteiger partial charge in [-0.25, -0.2) is 4.39 Å². The molecule has 1 aromatic carbocycles. The zero-order valence-electron chi connectivity index (χ0n) is 8.61. The van der Waals surface area contributed by atoms with E-state index in [1.54, 1.807) is 24.0 Å². The van der Waals surface area contributed by atoms with Gasteiger partial charge in [-0.1, -0.05) is 21.1 Å². The van der Waals surface area contributed by atoms with Crippen molar-refractivity contribution in [3.8, 4) is 0 Å². The van der Waals surface area contributed by atoms with Crippen molar-refractivity contribution in [2.75, 3.05) is 5.32 Å². The molecule has 2 rings (SSSR count). The van der Waals surface area contributed by atoms with Crippen LogP contribution in [0.25, 0.3) is 0 Å². The predicted octanol–water partition coefficient (Wildman–Crippen LogP) is 2.33. The van der Waals surface area contributed by atoms with Gasteiger partial charge in [-0.2, -0.15) is 0 Å². The molecular formula is C10H10BrFN4. The van der Waals surface area contributed by atoms with Crippen LogP contribution >= 0.6 is 15.9 Å². The highest BCUT2D eigenvalue weighted by atomic mass is 79.9. The molecule has 0 atom stereocenters. The summed E-state index contributed by atoms with van der Waals surface area (Å²) in [6.07, 6.45) is 1.81. The molecule has 0 aliphatic rings. The molecule has 1 heterocycles. The van der Waals surface area contributed by atoms with Crippen LogP contribution in [0.3, 0.4) is 0 Å². The summed E-state index contributed by atoms with van der Waals surface area (Å²) in [7, 11) is 1.80. The molecule has 0 radical (unpaired) electrons. The van der Waals surface area contributed by atoms with Gasteiger partial charge in [0.1, 0.15) is 11.5 Å². The van der Waals surface area contributed by atoms with Crippen LogP contribution < -0.4 is 5.32 Å². The maximum absolute atomic E-state index is 13.1. The molecule has 16 heavy (non-hydrogen) atoms. The summed E-state index contributed by atoms with van der Waals surface area (Å²) in [4.78, 5) is 0. The van der Waals surface area contributed by atoms with Gasteiger partial charge in [-0.05, 0) is 18.2 Å². The molecule has 0 unspecified atom stereocenters. The first-order chi connectivity index (χ1) is 7.63. The van der Waals surface area contributed by atoms with E-state index in [4.69, 9.17) is 0 Å². The number of hydrogen-bond acceptors (Lipinski definition) is 3. The Hall–Kier alpha value is -1.43. The van der Waals surface area contributed by atoms with E-state index in [0.29, 0.717) is 16.7 Å². The van der Waals surface area contributed by atoms with E-state index in [1.165, 1.54) is 12.1 Å². The molecule has 6 heteroatoms. The van der Waals surface area contributed by atoms with Crippen LogP contribution in [-0.2, 0) is 13.6 Å². The lowest BCUT2D eigenvalue weighted by atomic mass is 10.3. The normalized spacial score (nSPS) is 10.4. The summed E-state index contributed by atoms with van der Waals surface area (Å²) in [5.74, 6) is -0.281. The van der Waals surface area contributed by atoms with E-state index in [1.807, 2.05) is 0 Å². The monoisotopic (exact) mass is 284 g/mol. The van der Waals surface area contributed by atoms with E-state index >= 15 is 0 Å². The lowest BCUT2D eigenvalue weighted by molar-refractivity contribution is 0.627. The highest BCUT2D eigenvalue weighted by molar-refractivity contribution is 9.10. The minimum absolute atomic E-state index is 0.281. The Balaban J connectivity index is 2.04. The largest absolute Gasteiger partial charge is 0.379 e. The van der Waals surface area contributed by atoms with E-state index in [-0.39, 0.29) is 5.82 Å². The van der Waals surface area contributed by atoms with Crippen molar-refractivity contribution in [2.24, 2.45) is 7.05 Å². The van der Waals surface area contributed by atoms with Crippen molar-refractivity contribution in [2.45, 2.75) is 6.54 Å². The average Bonchev–Trinajstić information content (AvgIpc) is 2.60. The number of benzene rings is 1. The number of aryl methyl sites for hydroxylation is 1. The average molecular weight is 285 g/mol. The summed E-state index contributed by atoms with van der Waals surface area (Å²) >= 11 is 3.23. The summed E-state index contributed by atoms with van der Waals surface area (Å²) in [5, 5.41) is 10.8. The van der Waals surface area contributed by atoms with Crippen molar-refractivity contribution in [1.29, 1.82) is 0 Å². The molecule has 0 aliphatic carbocycles. The zero-order chi connectivity index (χ0) is 11.5. The third-order valence-electron chi connectivity index (χ3n) is 1.99. The van der Waals surface area contributed by atoms with Crippen LogP contribution in [0.15, 0.2) is 28.9 Å². The molecule has 0 spiro atoms. The minimum atomic E-state index is -0.281. The van der Waals surface area contributed by atoms with Gasteiger partial charge in [0, 0.05) is 23.4 Å². The van der Waals surface area contributed by atoms with Gasteiger partial charge in [-0.3, -0.25) is 4.68 Å². The number of nitrogens with one attached hydrogen (secondary N) is 1. The summed E-state index contributed by atoms with van der Waals surface area (Å²) in [6.45, 7) is 0.518. The lowest BCUT2D eigenvalue weighted by Crippen LogP contribution is -2.00. The molecule has 4 nitrogen and oxygen atoms in total. The molecule has 0 aliphatic heterocycles. The summed E-state index contributed by atoms with van der Waals surface area (Å²) in [5.41, 5.74) is 1.51. The topological polar surface area (TPSA) is 42.7 Å². The molecule has 0 fully saturated rings. The fraction of sp³-hybridized carbons (Fsp3) is 0.200. The van der Waals surface area contributed by atoms with E-state index in [2.05, 4.69) is 31.6 Å². The van der Waals surface area contributed by atoms with Gasteiger partial charge in [0.05, 0.1) is 6.54 Å². The van der Waals surface area contributed by atoms with Crippen LogP contribution in [0.4, 0.5) is 10.1 Å². The first-order valence-electron chi connectivity index (χ1n) is 4.68. The van der Waals surface area contributed by atoms with Crippen molar-refractivity contribution in [3.05, 3.63) is 40.4 Å². The van der Waals surface area contributed by atoms with Gasteiger partial charge in [0.25, 0.3) is 0 Å². The standard InChI is InChI=1S/C10H10BrFN4/c1-16-6-10(14-15-16)5-13-9-3-7(11)2-8(12)4-9/h2-4,6,13H,5H2,1H3. The lowest BCUT2D eigenvalue weighted by Gasteiger charge is -2.04. The van der Waals surface area contributed by atoms with E-state index < -0.39 is 0 Å². The third-order valence-corrected chi connectivity index (χ3v) is 2.44. The van der Waals surface area contributed by atoms with Crippen LogP contribution in [-0.4, -0.2) is 15.0 Å². The van der Waals surface area contributed by atoms with Crippen molar-refractivity contribution >= 4 is 21.6 Å². The van der Waals surface area contributed by atoms with Gasteiger partial charge >= 0.3 is 0 Å². The Labute approximate surface area is 101 Å². The van der Waals surface area contributed by atoms with Gasteiger partial charge in [0.15, 0.2) is 0 Å². The summed E-state index contributed by atoms with van der Waals surface area (Å²) < 4.78 is 15.4. The number of anilines is 1. The van der Waals surface area contributed by atoms with Crippen LogP contribution in [0.5, 0.6) is 0 Å². The van der Waals surface area contributed by atoms with Crippen LogP contribution in [0.1, 0.15) is 5.69 Å². The maximum Gasteiger partial charge on any atom is 0.126 e. The Morgan fingerprint density at radius 3 is 2.88 bits per heavy atom. The third kappa shape index (κ3) is 2.79. The first-order valence-corrected chi connectivity index (χ1v) is 5.48. The number of hydrogen-bond donors (Lipinski definition) is 1. The molecule has 2 aromatic rings. The second kappa shape index (κ2) is 4.61. The Morgan fingerprint density at radius 2 is 2.25 bits per heavy atom. The van der Waals surface area contributed by atoms with Gasteiger partial charge in [-0.15, -0.1) is 5.10 Å². The molecule has 0 saturated heterocycles. The number of halogens is 2. The second-order valence-corrected chi connectivity index (χ2v) is 4.31. The molecule has 0 bridgehead atoms. The highest BCUT2D eigenvalue weighted by Gasteiger charge is 2.01. The van der Waals surface area contributed by atoms with Crippen molar-refractivity contribution in [3.63, 3.8) is 0 Å². The molecule has 1 N–H and O–H groups in total. The minimum Gasteiger partial charge on any atom is -0.379 e. The fourth-order valence-electron chi connectivity index (χ4n) is 1.32. The maximum atomic E-state index is 13.1. The van der Waals surface area contributed by atoms with E-state index in [0.717, 1.165) is 5.69 Å². The molecular weight excluding hydrogens is 275 g/mol. The molecule has 1 aromatic heterocycles. The van der Waals surface area contributed by atoms with Crippen LogP contribution in [0, 0.1) is 5.82 Å². The smallest absolute Gasteiger partial charge is 0.126 e. The van der Waals surface area contributed by atoms with Crippen LogP contribution in [0.2, 0.25) is 0 Å². The Kier molecular flexibility index (Phi) is 3.19. The fourth-order valence-corrected chi connectivity index (χ4v) is 1.79. The zero-order valence-corrected chi connectivity index (χ0v) is 10.2. The van der Waals surface area contributed by atoms with Gasteiger partial charge in [0.2, 0.25) is 0 Å². The predicted molar refractivity (Wildman–Crippen MR) is 62.4 cm³/mol. The van der Waals surface area contributed by atoms with Crippen molar-refractivity contribution < 1.29 is 4.39 Å². The van der Waals surface area contributed by atoms with Gasteiger partial charge < -0.3 is 5.32 Å². The number of aromatic nitrogens is 3. The SMILES string of the molecule is Cn1cc(CNc2cc(F)cc(Br)c2)nn1. The molecule has 0 amide bonds. The number of nitrogens with zero attached hydrogens (tertiary/aromatic N) is 3. The quantitative estimate of drug-likeness (QED) is 0.941. The second-order valence-electron chi connectivity index (χ2n) is 3.40. The number of rotatable bonds is 3.